The van der Waals surface area contributed by atoms with Gasteiger partial charge >= 0.3 is 6.03 Å². The summed E-state index contributed by atoms with van der Waals surface area (Å²) in [5, 5.41) is 15.5. The minimum absolute atomic E-state index is 0.0426. The highest BCUT2D eigenvalue weighted by molar-refractivity contribution is 6.33. The van der Waals surface area contributed by atoms with Crippen LogP contribution in [0.2, 0.25) is 5.02 Å². The van der Waals surface area contributed by atoms with Gasteiger partial charge in [0.15, 0.2) is 0 Å². The van der Waals surface area contributed by atoms with Gasteiger partial charge in [0.05, 0.1) is 9.95 Å². The van der Waals surface area contributed by atoms with Crippen LogP contribution in [0.4, 0.5) is 10.5 Å². The minimum atomic E-state index is -0.616. The van der Waals surface area contributed by atoms with Crippen molar-refractivity contribution in [3.63, 3.8) is 0 Å². The van der Waals surface area contributed by atoms with Crippen molar-refractivity contribution in [2.24, 2.45) is 0 Å². The van der Waals surface area contributed by atoms with Crippen molar-refractivity contribution >= 4 is 35.3 Å². The molecule has 9 heteroatoms. The molecule has 1 aliphatic rings. The highest BCUT2D eigenvalue weighted by atomic mass is 35.5. The summed E-state index contributed by atoms with van der Waals surface area (Å²) >= 11 is 6.04. The highest BCUT2D eigenvalue weighted by Crippen LogP contribution is 2.33. The lowest BCUT2D eigenvalue weighted by molar-refractivity contribution is -0.384. The fourth-order valence-electron chi connectivity index (χ4n) is 2.02. The molecule has 1 fully saturated rings. The summed E-state index contributed by atoms with van der Waals surface area (Å²) in [4.78, 5) is 32.8. The molecule has 2 heterocycles. The lowest BCUT2D eigenvalue weighted by Gasteiger charge is -2.00. The van der Waals surface area contributed by atoms with Gasteiger partial charge in [-0.05, 0) is 18.2 Å². The number of rotatable bonds is 3. The number of benzene rings is 1. The number of non-ortho nitro benzene ring substituents is 1. The first-order valence-electron chi connectivity index (χ1n) is 6.32. The van der Waals surface area contributed by atoms with Gasteiger partial charge in [0.2, 0.25) is 0 Å². The van der Waals surface area contributed by atoms with Crippen LogP contribution >= 0.6 is 11.6 Å². The smallest absolute Gasteiger partial charge is 0.326 e. The van der Waals surface area contributed by atoms with Gasteiger partial charge in [-0.1, -0.05) is 11.6 Å². The number of nitro benzene ring substituents is 1. The normalized spacial score (nSPS) is 15.6. The summed E-state index contributed by atoms with van der Waals surface area (Å²) in [6, 6.07) is 6.48. The van der Waals surface area contributed by atoms with Crippen LogP contribution < -0.4 is 10.6 Å². The van der Waals surface area contributed by atoms with Crippen LogP contribution in [0.1, 0.15) is 5.76 Å². The van der Waals surface area contributed by atoms with Crippen LogP contribution in [0.3, 0.4) is 0 Å². The topological polar surface area (TPSA) is 114 Å². The second kappa shape index (κ2) is 5.58. The average Bonchev–Trinajstić information content (AvgIpc) is 3.06. The van der Waals surface area contributed by atoms with E-state index in [4.69, 9.17) is 16.0 Å². The van der Waals surface area contributed by atoms with Gasteiger partial charge in [0, 0.05) is 23.8 Å². The van der Waals surface area contributed by atoms with E-state index in [2.05, 4.69) is 10.6 Å². The van der Waals surface area contributed by atoms with Crippen molar-refractivity contribution in [1.29, 1.82) is 0 Å². The predicted molar refractivity (Wildman–Crippen MR) is 80.5 cm³/mol. The molecule has 0 bridgehead atoms. The van der Waals surface area contributed by atoms with Crippen molar-refractivity contribution in [3.8, 4) is 11.3 Å². The van der Waals surface area contributed by atoms with Gasteiger partial charge in [-0.15, -0.1) is 0 Å². The van der Waals surface area contributed by atoms with Crippen LogP contribution in [-0.2, 0) is 4.79 Å². The number of hydrogen-bond acceptors (Lipinski definition) is 5. The van der Waals surface area contributed by atoms with E-state index in [1.165, 1.54) is 24.3 Å². The van der Waals surface area contributed by atoms with E-state index in [0.29, 0.717) is 11.3 Å². The maximum absolute atomic E-state index is 11.4. The number of nitro groups is 1. The Hall–Kier alpha value is -3.13. The van der Waals surface area contributed by atoms with E-state index < -0.39 is 16.9 Å². The third-order valence-electron chi connectivity index (χ3n) is 3.06. The molecule has 0 saturated carbocycles. The fourth-order valence-corrected chi connectivity index (χ4v) is 2.23. The minimum Gasteiger partial charge on any atom is -0.457 e. The Balaban J connectivity index is 1.95. The Morgan fingerprint density at radius 1 is 1.17 bits per heavy atom. The molecule has 0 aliphatic carbocycles. The fraction of sp³-hybridized carbons (Fsp3) is 0. The molecule has 3 amide bonds. The Bertz CT molecular complexity index is 871. The van der Waals surface area contributed by atoms with Crippen molar-refractivity contribution in [1.82, 2.24) is 10.6 Å². The standard InChI is InChI=1S/C14H8ClN3O5/c15-10-3-1-7(18(21)22)5-9(10)12-4-2-8(23-12)6-11-13(19)17-14(20)16-11/h1-6H,(H2,16,17,19,20)/b11-6+. The maximum Gasteiger partial charge on any atom is 0.326 e. The predicted octanol–water partition coefficient (Wildman–Crippen LogP) is 2.69. The zero-order valence-corrected chi connectivity index (χ0v) is 12.1. The number of urea groups is 1. The number of halogens is 1. The van der Waals surface area contributed by atoms with Crippen LogP contribution in [0.5, 0.6) is 0 Å². The maximum atomic E-state index is 11.4. The third kappa shape index (κ3) is 2.92. The van der Waals surface area contributed by atoms with E-state index >= 15 is 0 Å². The number of carbonyl (C=O) groups excluding carboxylic acids is 2. The summed E-state index contributed by atoms with van der Waals surface area (Å²) in [5.74, 6) is 0.0199. The van der Waals surface area contributed by atoms with Crippen LogP contribution in [0.15, 0.2) is 40.4 Å². The first kappa shape index (κ1) is 14.8. The van der Waals surface area contributed by atoms with Gasteiger partial charge in [-0.3, -0.25) is 20.2 Å². The lowest BCUT2D eigenvalue weighted by atomic mass is 10.1. The van der Waals surface area contributed by atoms with Crippen LogP contribution in [0.25, 0.3) is 17.4 Å². The Kier molecular flexibility index (Phi) is 3.59. The zero-order chi connectivity index (χ0) is 16.6. The van der Waals surface area contributed by atoms with Crippen molar-refractivity contribution in [3.05, 3.63) is 56.9 Å². The molecule has 2 N–H and O–H groups in total. The largest absolute Gasteiger partial charge is 0.457 e. The quantitative estimate of drug-likeness (QED) is 0.388. The van der Waals surface area contributed by atoms with Gasteiger partial charge in [0.25, 0.3) is 11.6 Å². The zero-order valence-electron chi connectivity index (χ0n) is 11.3. The number of nitrogens with zero attached hydrogens (tertiary/aromatic N) is 1. The van der Waals surface area contributed by atoms with Gasteiger partial charge < -0.3 is 9.73 Å². The molecule has 0 radical (unpaired) electrons. The van der Waals surface area contributed by atoms with Crippen LogP contribution in [0, 0.1) is 10.1 Å². The molecule has 1 aromatic carbocycles. The molecule has 8 nitrogen and oxygen atoms in total. The summed E-state index contributed by atoms with van der Waals surface area (Å²) in [7, 11) is 0. The number of amides is 3. The van der Waals surface area contributed by atoms with Crippen molar-refractivity contribution < 1.29 is 18.9 Å². The molecule has 0 unspecified atom stereocenters. The second-order valence-electron chi connectivity index (χ2n) is 4.59. The van der Waals surface area contributed by atoms with E-state index in [1.807, 2.05) is 0 Å². The molecule has 1 saturated heterocycles. The molecule has 2 aromatic rings. The van der Waals surface area contributed by atoms with Crippen molar-refractivity contribution in [2.45, 2.75) is 0 Å². The highest BCUT2D eigenvalue weighted by Gasteiger charge is 2.23. The van der Waals surface area contributed by atoms with Gasteiger partial charge in [0.1, 0.15) is 17.2 Å². The first-order chi connectivity index (χ1) is 10.9. The summed E-state index contributed by atoms with van der Waals surface area (Å²) < 4.78 is 5.52. The Labute approximate surface area is 133 Å². The number of nitrogens with one attached hydrogen (secondary N) is 2. The van der Waals surface area contributed by atoms with E-state index in [-0.39, 0.29) is 22.2 Å². The molecule has 0 atom stereocenters. The summed E-state index contributed by atoms with van der Waals surface area (Å²) in [5.41, 5.74) is 0.273. The summed E-state index contributed by atoms with van der Waals surface area (Å²) in [6.45, 7) is 0. The van der Waals surface area contributed by atoms with E-state index in [9.17, 15) is 19.7 Å². The number of carbonyl (C=O) groups is 2. The third-order valence-corrected chi connectivity index (χ3v) is 3.39. The molecule has 0 spiro atoms. The molecule has 1 aromatic heterocycles. The van der Waals surface area contributed by atoms with E-state index in [1.54, 1.807) is 12.1 Å². The van der Waals surface area contributed by atoms with Gasteiger partial charge in [-0.2, -0.15) is 0 Å². The van der Waals surface area contributed by atoms with E-state index in [0.717, 1.165) is 0 Å². The van der Waals surface area contributed by atoms with Crippen LogP contribution in [-0.4, -0.2) is 16.9 Å². The molecule has 116 valence electrons. The lowest BCUT2D eigenvalue weighted by Crippen LogP contribution is -2.22. The number of hydrogen-bond donors (Lipinski definition) is 2. The SMILES string of the molecule is O=C1NC(=O)/C(=C\c2ccc(-c3cc([N+](=O)[O-])ccc3Cl)o2)N1. The average molecular weight is 334 g/mol. The number of imide groups is 1. The Morgan fingerprint density at radius 3 is 2.61 bits per heavy atom. The second-order valence-corrected chi connectivity index (χ2v) is 5.00. The molecule has 23 heavy (non-hydrogen) atoms. The molecular weight excluding hydrogens is 326 g/mol. The summed E-state index contributed by atoms with van der Waals surface area (Å²) in [6.07, 6.45) is 1.34. The molecular formula is C14H8ClN3O5. The van der Waals surface area contributed by atoms with Gasteiger partial charge in [-0.25, -0.2) is 4.79 Å². The monoisotopic (exact) mass is 333 g/mol. The Morgan fingerprint density at radius 2 is 1.96 bits per heavy atom. The molecule has 3 rings (SSSR count). The first-order valence-corrected chi connectivity index (χ1v) is 6.70. The molecule has 1 aliphatic heterocycles. The number of furan rings is 1. The van der Waals surface area contributed by atoms with Crippen molar-refractivity contribution in [2.75, 3.05) is 0 Å².